The fraction of sp³-hybridized carbons (Fsp3) is 0.167. The Kier molecular flexibility index (Phi) is 5.80. The second-order valence-corrected chi connectivity index (χ2v) is 8.08. The average Bonchev–Trinajstić information content (AvgIpc) is 3.34. The van der Waals surface area contributed by atoms with Crippen molar-refractivity contribution < 1.29 is 28.6 Å². The monoisotopic (exact) mass is 497 g/mol. The highest BCUT2D eigenvalue weighted by atomic mass is 79.9. The number of carbonyl (C=O) groups excluding carboxylic acids is 2. The van der Waals surface area contributed by atoms with E-state index < -0.39 is 17.7 Å². The molecule has 4 rings (SSSR count). The van der Waals surface area contributed by atoms with Gasteiger partial charge >= 0.3 is 0 Å². The number of benzene rings is 2. The Hall–Kier alpha value is -3.52. The number of rotatable bonds is 5. The minimum atomic E-state index is -0.932. The van der Waals surface area contributed by atoms with Crippen molar-refractivity contribution in [2.45, 2.75) is 13.0 Å². The van der Waals surface area contributed by atoms with Crippen LogP contribution in [-0.2, 0) is 9.59 Å². The van der Waals surface area contributed by atoms with Crippen molar-refractivity contribution in [2.24, 2.45) is 0 Å². The number of ether oxygens (including phenoxy) is 2. The van der Waals surface area contributed by atoms with Crippen LogP contribution in [0.1, 0.15) is 23.1 Å². The number of aliphatic hydroxyl groups excluding tert-OH is 1. The van der Waals surface area contributed by atoms with Crippen molar-refractivity contribution in [1.82, 2.24) is 0 Å². The van der Waals surface area contributed by atoms with Crippen LogP contribution in [0.2, 0.25) is 0 Å². The molecule has 1 aliphatic rings. The lowest BCUT2D eigenvalue weighted by Crippen LogP contribution is -2.29. The highest BCUT2D eigenvalue weighted by Crippen LogP contribution is 2.43. The lowest BCUT2D eigenvalue weighted by atomic mass is 9.99. The quantitative estimate of drug-likeness (QED) is 0.303. The first-order chi connectivity index (χ1) is 15.3. The van der Waals surface area contributed by atoms with Crippen LogP contribution in [0, 0.1) is 6.92 Å². The van der Waals surface area contributed by atoms with Gasteiger partial charge in [0.15, 0.2) is 11.5 Å². The molecule has 1 amide bonds. The number of aryl methyl sites for hydroxylation is 1. The standard InChI is InChI=1S/C24H20BrNO6/c1-13-4-10-18(32-13)21-20(22(27)14-5-11-17(30-2)19(12-14)31-3)23(28)24(29)26(21)16-8-6-15(25)7-9-16/h4-12,21,27H,1-3H3/b22-20-. The van der Waals surface area contributed by atoms with Gasteiger partial charge in [-0.3, -0.25) is 14.5 Å². The molecule has 1 fully saturated rings. The number of aliphatic hydroxyl groups is 1. The van der Waals surface area contributed by atoms with Gasteiger partial charge in [-0.2, -0.15) is 0 Å². The summed E-state index contributed by atoms with van der Waals surface area (Å²) in [4.78, 5) is 27.5. The van der Waals surface area contributed by atoms with Gasteiger partial charge in [-0.1, -0.05) is 15.9 Å². The number of halogens is 1. The predicted molar refractivity (Wildman–Crippen MR) is 122 cm³/mol. The van der Waals surface area contributed by atoms with Crippen molar-refractivity contribution in [3.05, 3.63) is 81.7 Å². The summed E-state index contributed by atoms with van der Waals surface area (Å²) in [6.07, 6.45) is 0. The van der Waals surface area contributed by atoms with Crippen LogP contribution in [0.5, 0.6) is 11.5 Å². The summed E-state index contributed by atoms with van der Waals surface area (Å²) in [5.41, 5.74) is 0.741. The Morgan fingerprint density at radius 3 is 2.28 bits per heavy atom. The normalized spacial score (nSPS) is 17.6. The number of anilines is 1. The number of methoxy groups -OCH3 is 2. The zero-order chi connectivity index (χ0) is 23.0. The summed E-state index contributed by atoms with van der Waals surface area (Å²) in [5.74, 6) is -0.0589. The molecule has 1 aliphatic heterocycles. The molecule has 1 saturated heterocycles. The van der Waals surface area contributed by atoms with Crippen molar-refractivity contribution in [3.63, 3.8) is 0 Å². The fourth-order valence-corrected chi connectivity index (χ4v) is 3.97. The Labute approximate surface area is 193 Å². The second kappa shape index (κ2) is 8.55. The molecule has 0 spiro atoms. The summed E-state index contributed by atoms with van der Waals surface area (Å²) >= 11 is 3.38. The van der Waals surface area contributed by atoms with Crippen LogP contribution in [0.4, 0.5) is 5.69 Å². The van der Waals surface area contributed by atoms with Crippen LogP contribution in [0.3, 0.4) is 0 Å². The van der Waals surface area contributed by atoms with Gasteiger partial charge in [-0.25, -0.2) is 0 Å². The number of ketones is 1. The van der Waals surface area contributed by atoms with E-state index in [-0.39, 0.29) is 11.3 Å². The highest BCUT2D eigenvalue weighted by Gasteiger charge is 2.48. The van der Waals surface area contributed by atoms with Crippen LogP contribution in [0.25, 0.3) is 5.76 Å². The Morgan fingerprint density at radius 1 is 1.00 bits per heavy atom. The molecule has 1 unspecified atom stereocenters. The number of furan rings is 1. The van der Waals surface area contributed by atoms with Crippen LogP contribution in [-0.4, -0.2) is 31.0 Å². The summed E-state index contributed by atoms with van der Waals surface area (Å²) in [6.45, 7) is 1.77. The Balaban J connectivity index is 1.92. The summed E-state index contributed by atoms with van der Waals surface area (Å²) < 4.78 is 17.2. The topological polar surface area (TPSA) is 89.2 Å². The van der Waals surface area contributed by atoms with Crippen molar-refractivity contribution >= 4 is 39.1 Å². The van der Waals surface area contributed by atoms with Gasteiger partial charge in [0.2, 0.25) is 0 Å². The van der Waals surface area contributed by atoms with E-state index in [1.54, 1.807) is 61.5 Å². The summed E-state index contributed by atoms with van der Waals surface area (Å²) in [5, 5.41) is 11.2. The van der Waals surface area contributed by atoms with E-state index in [1.165, 1.54) is 19.1 Å². The van der Waals surface area contributed by atoms with Gasteiger partial charge in [-0.15, -0.1) is 0 Å². The fourth-order valence-electron chi connectivity index (χ4n) is 3.71. The first-order valence-corrected chi connectivity index (χ1v) is 10.5. The molecule has 164 valence electrons. The first kappa shape index (κ1) is 21.7. The molecule has 3 aromatic rings. The maximum atomic E-state index is 13.1. The molecule has 1 atom stereocenters. The molecule has 1 aromatic heterocycles. The third-order valence-electron chi connectivity index (χ3n) is 5.24. The Bertz CT molecular complexity index is 1230. The molecule has 0 aliphatic carbocycles. The smallest absolute Gasteiger partial charge is 0.300 e. The molecule has 0 radical (unpaired) electrons. The number of nitrogens with zero attached hydrogens (tertiary/aromatic N) is 1. The number of hydrogen-bond donors (Lipinski definition) is 1. The van der Waals surface area contributed by atoms with Crippen LogP contribution < -0.4 is 14.4 Å². The van der Waals surface area contributed by atoms with Gasteiger partial charge in [0.05, 0.1) is 19.8 Å². The van der Waals surface area contributed by atoms with E-state index in [0.29, 0.717) is 34.3 Å². The summed E-state index contributed by atoms with van der Waals surface area (Å²) in [7, 11) is 2.97. The van der Waals surface area contributed by atoms with Crippen LogP contribution >= 0.6 is 15.9 Å². The molecular formula is C24H20BrNO6. The van der Waals surface area contributed by atoms with Gasteiger partial charge in [-0.05, 0) is 61.5 Å². The molecule has 0 bridgehead atoms. The van der Waals surface area contributed by atoms with E-state index in [9.17, 15) is 14.7 Å². The minimum absolute atomic E-state index is 0.0699. The third-order valence-corrected chi connectivity index (χ3v) is 5.77. The van der Waals surface area contributed by atoms with Crippen molar-refractivity contribution in [1.29, 1.82) is 0 Å². The predicted octanol–water partition coefficient (Wildman–Crippen LogP) is 4.99. The maximum Gasteiger partial charge on any atom is 0.300 e. The van der Waals surface area contributed by atoms with Gasteiger partial charge < -0.3 is 19.0 Å². The third kappa shape index (κ3) is 3.67. The SMILES string of the molecule is COc1ccc(/C(O)=C2/C(=O)C(=O)N(c3ccc(Br)cc3)C2c2ccc(C)o2)cc1OC. The highest BCUT2D eigenvalue weighted by molar-refractivity contribution is 9.10. The summed E-state index contributed by atoms with van der Waals surface area (Å²) in [6, 6.07) is 14.2. The van der Waals surface area contributed by atoms with E-state index in [1.807, 2.05) is 0 Å². The van der Waals surface area contributed by atoms with E-state index in [2.05, 4.69) is 15.9 Å². The zero-order valence-electron chi connectivity index (χ0n) is 17.6. The maximum absolute atomic E-state index is 13.1. The van der Waals surface area contributed by atoms with E-state index in [0.717, 1.165) is 4.47 Å². The van der Waals surface area contributed by atoms with E-state index >= 15 is 0 Å². The molecular weight excluding hydrogens is 478 g/mol. The molecule has 8 heteroatoms. The average molecular weight is 498 g/mol. The molecule has 2 aromatic carbocycles. The molecule has 1 N–H and O–H groups in total. The Morgan fingerprint density at radius 2 is 1.69 bits per heavy atom. The lowest BCUT2D eigenvalue weighted by molar-refractivity contribution is -0.132. The van der Waals surface area contributed by atoms with E-state index in [4.69, 9.17) is 13.9 Å². The molecule has 7 nitrogen and oxygen atoms in total. The number of carbonyl (C=O) groups is 2. The molecule has 32 heavy (non-hydrogen) atoms. The first-order valence-electron chi connectivity index (χ1n) is 9.71. The second-order valence-electron chi connectivity index (χ2n) is 7.16. The van der Waals surface area contributed by atoms with Gasteiger partial charge in [0.1, 0.15) is 23.3 Å². The number of hydrogen-bond acceptors (Lipinski definition) is 6. The molecule has 2 heterocycles. The van der Waals surface area contributed by atoms with Gasteiger partial charge in [0, 0.05) is 15.7 Å². The minimum Gasteiger partial charge on any atom is -0.507 e. The largest absolute Gasteiger partial charge is 0.507 e. The zero-order valence-corrected chi connectivity index (χ0v) is 19.2. The van der Waals surface area contributed by atoms with Crippen molar-refractivity contribution in [2.75, 3.05) is 19.1 Å². The lowest BCUT2D eigenvalue weighted by Gasteiger charge is -2.23. The van der Waals surface area contributed by atoms with Crippen LogP contribution in [0.15, 0.2) is 69.1 Å². The molecule has 0 saturated carbocycles. The van der Waals surface area contributed by atoms with Gasteiger partial charge in [0.25, 0.3) is 11.7 Å². The number of amides is 1. The van der Waals surface area contributed by atoms with Crippen molar-refractivity contribution in [3.8, 4) is 11.5 Å². The number of Topliss-reactive ketones (excluding diaryl/α,β-unsaturated/α-hetero) is 1.